The molecule has 10 nitrogen and oxygen atoms in total. The fraction of sp³-hybridized carbons (Fsp3) is 0.286. The molecule has 3 heterocycles. The maximum absolute atomic E-state index is 14.1. The van der Waals surface area contributed by atoms with Crippen molar-refractivity contribution in [3.63, 3.8) is 0 Å². The molecule has 0 fully saturated rings. The Morgan fingerprint density at radius 2 is 1.71 bits per heavy atom. The second-order valence-corrected chi connectivity index (χ2v) is 11.9. The van der Waals surface area contributed by atoms with Crippen LogP contribution < -0.4 is 16.2 Å². The number of rotatable bonds is 8. The van der Waals surface area contributed by atoms with Crippen molar-refractivity contribution in [3.8, 4) is 22.4 Å². The summed E-state index contributed by atoms with van der Waals surface area (Å²) in [6.07, 6.45) is 9.49. The van der Waals surface area contributed by atoms with Gasteiger partial charge in [-0.3, -0.25) is 19.1 Å². The highest BCUT2D eigenvalue weighted by Crippen LogP contribution is 2.37. The number of hydrogen-bond donors (Lipinski definition) is 2. The second-order valence-electron chi connectivity index (χ2n) is 11.9. The Morgan fingerprint density at radius 3 is 2.40 bits per heavy atom. The molecule has 0 unspecified atom stereocenters. The Bertz CT molecular complexity index is 1920. The van der Waals surface area contributed by atoms with Gasteiger partial charge in [-0.25, -0.2) is 4.98 Å². The van der Waals surface area contributed by atoms with E-state index in [-0.39, 0.29) is 29.3 Å². The molecule has 10 heteroatoms. The van der Waals surface area contributed by atoms with Gasteiger partial charge in [0.1, 0.15) is 11.7 Å². The topological polar surface area (TPSA) is 116 Å². The quantitative estimate of drug-likeness (QED) is 0.257. The molecule has 0 aliphatic heterocycles. The lowest BCUT2D eigenvalue weighted by Crippen LogP contribution is -2.48. The van der Waals surface area contributed by atoms with Gasteiger partial charge in [-0.2, -0.15) is 5.10 Å². The van der Waals surface area contributed by atoms with E-state index in [2.05, 4.69) is 38.9 Å². The highest BCUT2D eigenvalue weighted by atomic mass is 16.2. The number of carbonyl (C=O) groups is 2. The number of fused-ring (bicyclic) bond motifs is 1. The zero-order valence-electron chi connectivity index (χ0n) is 25.9. The monoisotopic (exact) mass is 603 g/mol. The van der Waals surface area contributed by atoms with E-state index in [0.717, 1.165) is 52.8 Å². The van der Waals surface area contributed by atoms with Crippen molar-refractivity contribution < 1.29 is 9.59 Å². The molecule has 1 aliphatic rings. The van der Waals surface area contributed by atoms with Gasteiger partial charge in [-0.05, 0) is 85.2 Å². The summed E-state index contributed by atoms with van der Waals surface area (Å²) in [5, 5.41) is 10.2. The summed E-state index contributed by atoms with van der Waals surface area (Å²) in [6, 6.07) is 18.1. The first-order valence-corrected chi connectivity index (χ1v) is 15.2. The van der Waals surface area contributed by atoms with E-state index in [4.69, 9.17) is 0 Å². The average molecular weight is 604 g/mol. The van der Waals surface area contributed by atoms with E-state index in [1.165, 1.54) is 4.68 Å². The van der Waals surface area contributed by atoms with Gasteiger partial charge < -0.3 is 19.8 Å². The lowest BCUT2D eigenvalue weighted by molar-refractivity contribution is -0.118. The summed E-state index contributed by atoms with van der Waals surface area (Å²) < 4.78 is 5.15. The maximum Gasteiger partial charge on any atom is 0.270 e. The minimum absolute atomic E-state index is 0.0244. The van der Waals surface area contributed by atoms with Gasteiger partial charge >= 0.3 is 0 Å². The van der Waals surface area contributed by atoms with Gasteiger partial charge in [-0.15, -0.1) is 0 Å². The Labute approximate surface area is 261 Å². The number of amides is 2. The smallest absolute Gasteiger partial charge is 0.270 e. The molecule has 1 aliphatic carbocycles. The van der Waals surface area contributed by atoms with Crippen molar-refractivity contribution in [3.05, 3.63) is 113 Å². The van der Waals surface area contributed by atoms with Crippen LogP contribution in [0.1, 0.15) is 60.3 Å². The molecule has 2 atom stereocenters. The summed E-state index contributed by atoms with van der Waals surface area (Å²) >= 11 is 0. The van der Waals surface area contributed by atoms with Gasteiger partial charge in [0.05, 0.1) is 18.2 Å². The third-order valence-electron chi connectivity index (χ3n) is 8.62. The fourth-order valence-corrected chi connectivity index (χ4v) is 6.18. The molecule has 0 bridgehead atoms. The van der Waals surface area contributed by atoms with Crippen molar-refractivity contribution in [1.29, 1.82) is 0 Å². The zero-order chi connectivity index (χ0) is 31.7. The molecule has 2 N–H and O–H groups in total. The lowest BCUT2D eigenvalue weighted by Gasteiger charge is -2.32. The molecule has 0 radical (unpaired) electrons. The summed E-state index contributed by atoms with van der Waals surface area (Å²) in [4.78, 5) is 44.2. The number of benzene rings is 2. The molecule has 0 saturated carbocycles. The van der Waals surface area contributed by atoms with E-state index in [9.17, 15) is 14.4 Å². The number of nitrogens with one attached hydrogen (secondary N) is 2. The first-order chi connectivity index (χ1) is 21.7. The molecule has 5 aromatic rings. The van der Waals surface area contributed by atoms with E-state index in [1.54, 1.807) is 42.5 Å². The molecule has 2 aromatic carbocycles. The van der Waals surface area contributed by atoms with Crippen LogP contribution in [0.25, 0.3) is 22.4 Å². The zero-order valence-corrected chi connectivity index (χ0v) is 25.9. The molecule has 2 amide bonds. The number of nitrogens with zero attached hydrogens (tertiary/aromatic N) is 5. The van der Waals surface area contributed by atoms with Gasteiger partial charge in [0.2, 0.25) is 5.91 Å². The molecular weight excluding hydrogens is 566 g/mol. The Hall–Kier alpha value is -5.25. The van der Waals surface area contributed by atoms with Crippen LogP contribution in [0.15, 0.2) is 90.4 Å². The van der Waals surface area contributed by atoms with Crippen molar-refractivity contribution >= 4 is 17.5 Å². The van der Waals surface area contributed by atoms with Crippen molar-refractivity contribution in [1.82, 2.24) is 29.2 Å². The number of anilines is 1. The minimum atomic E-state index is -0.844. The van der Waals surface area contributed by atoms with E-state index < -0.39 is 6.04 Å². The molecule has 0 spiro atoms. The second kappa shape index (κ2) is 12.4. The molecule has 230 valence electrons. The van der Waals surface area contributed by atoms with Crippen LogP contribution >= 0.6 is 0 Å². The third kappa shape index (κ3) is 6.08. The van der Waals surface area contributed by atoms with Gasteiger partial charge in [-0.1, -0.05) is 30.3 Å². The van der Waals surface area contributed by atoms with Crippen molar-refractivity contribution in [2.45, 2.75) is 51.1 Å². The Morgan fingerprint density at radius 1 is 0.956 bits per heavy atom. The minimum Gasteiger partial charge on any atom is -0.338 e. The van der Waals surface area contributed by atoms with Crippen molar-refractivity contribution in [2.75, 3.05) is 5.32 Å². The lowest BCUT2D eigenvalue weighted by atomic mass is 9.77. The molecule has 6 rings (SSSR count). The number of hydrogen-bond acceptors (Lipinski definition) is 5. The average Bonchev–Trinajstić information content (AvgIpc) is 3.67. The van der Waals surface area contributed by atoms with Crippen LogP contribution in [0.2, 0.25) is 0 Å². The number of imidazole rings is 1. The Balaban J connectivity index is 1.34. The number of aromatic nitrogens is 5. The van der Waals surface area contributed by atoms with Crippen LogP contribution in [0.3, 0.4) is 0 Å². The van der Waals surface area contributed by atoms with Crippen molar-refractivity contribution in [2.24, 2.45) is 14.1 Å². The van der Waals surface area contributed by atoms with Crippen LogP contribution in [-0.2, 0) is 25.3 Å². The predicted molar refractivity (Wildman–Crippen MR) is 174 cm³/mol. The van der Waals surface area contributed by atoms with Crippen LogP contribution in [0, 0.1) is 0 Å². The number of carbonyl (C=O) groups excluding carboxylic acids is 2. The van der Waals surface area contributed by atoms with Crippen LogP contribution in [0.5, 0.6) is 0 Å². The normalized spacial score (nSPS) is 15.0. The SMILES string of the molecule is CC(C)n1cc(-c2ccc3c(c2)[C@@H]([C@@H](NC(=O)c2ccnn2C)C(=O)Nc2ccc(-c4cncn4C)cc2)CCC3)ccc1=O. The van der Waals surface area contributed by atoms with E-state index >= 15 is 0 Å². The Kier molecular flexibility index (Phi) is 8.21. The fourth-order valence-electron chi connectivity index (χ4n) is 6.18. The summed E-state index contributed by atoms with van der Waals surface area (Å²) in [5.74, 6) is -0.931. The highest BCUT2D eigenvalue weighted by molar-refractivity contribution is 6.01. The highest BCUT2D eigenvalue weighted by Gasteiger charge is 2.35. The van der Waals surface area contributed by atoms with Gasteiger partial charge in [0, 0.05) is 50.2 Å². The standard InChI is InChI=1S/C35H37N7O3/c1-22(2)42-20-26(12-15-32(42)43)25-9-8-23-6-5-7-28(29(23)18-25)33(39-34(44)30-16-17-37-41(30)4)35(45)38-27-13-10-24(11-14-27)31-19-36-21-40(31)3/h8-22,28,33H,5-7H2,1-4H3,(H,38,45)(H,39,44)/t28-,33+/m0/s1. The molecule has 3 aromatic heterocycles. The van der Waals surface area contributed by atoms with E-state index in [1.807, 2.05) is 62.0 Å². The number of aryl methyl sites for hydroxylation is 3. The maximum atomic E-state index is 14.1. The van der Waals surface area contributed by atoms with E-state index in [0.29, 0.717) is 11.4 Å². The summed E-state index contributed by atoms with van der Waals surface area (Å²) in [5.41, 5.74) is 6.95. The van der Waals surface area contributed by atoms with Gasteiger partial charge in [0.25, 0.3) is 11.5 Å². The largest absolute Gasteiger partial charge is 0.338 e. The third-order valence-corrected chi connectivity index (χ3v) is 8.62. The van der Waals surface area contributed by atoms with Crippen LogP contribution in [0.4, 0.5) is 5.69 Å². The summed E-state index contributed by atoms with van der Waals surface area (Å²) in [7, 11) is 3.63. The molecular formula is C35H37N7O3. The summed E-state index contributed by atoms with van der Waals surface area (Å²) in [6.45, 7) is 3.96. The predicted octanol–water partition coefficient (Wildman–Crippen LogP) is 5.09. The molecule has 45 heavy (non-hydrogen) atoms. The first kappa shape index (κ1) is 29.8. The first-order valence-electron chi connectivity index (χ1n) is 15.2. The van der Waals surface area contributed by atoms with Gasteiger partial charge in [0.15, 0.2) is 0 Å². The van der Waals surface area contributed by atoms with Crippen LogP contribution in [-0.4, -0.2) is 41.8 Å². The number of pyridine rings is 1. The molecule has 0 saturated heterocycles.